The quantitative estimate of drug-likeness (QED) is 0.795. The van der Waals surface area contributed by atoms with Crippen LogP contribution in [-0.4, -0.2) is 30.5 Å². The topological polar surface area (TPSA) is 56.3 Å². The fourth-order valence-corrected chi connectivity index (χ4v) is 2.32. The number of rotatable bonds is 7. The van der Waals surface area contributed by atoms with E-state index in [1.54, 1.807) is 7.11 Å². The molecule has 0 radical (unpaired) electrons. The first-order chi connectivity index (χ1) is 9.70. The average molecular weight is 293 g/mol. The number of methoxy groups -OCH3 is 1. The largest absolute Gasteiger partial charge is 0.430 e. The molecule has 1 aromatic heterocycles. The van der Waals surface area contributed by atoms with Crippen molar-refractivity contribution in [1.82, 2.24) is 15.5 Å². The molecule has 1 heterocycles. The van der Waals surface area contributed by atoms with Gasteiger partial charge in [-0.25, -0.2) is 0 Å². The monoisotopic (exact) mass is 293 g/mol. The Balaban J connectivity index is 1.94. The van der Waals surface area contributed by atoms with Crippen LogP contribution in [0.25, 0.3) is 0 Å². The fraction of sp³-hybridized carbons (Fsp3) is 0.429. The lowest BCUT2D eigenvalue weighted by atomic mass is 10.1. The minimum Gasteiger partial charge on any atom is -0.430 e. The SMILES string of the molecule is COCCNCc1nnc(Oc2cccc(C)c2C)s1. The molecular weight excluding hydrogens is 274 g/mol. The van der Waals surface area contributed by atoms with Crippen molar-refractivity contribution in [2.24, 2.45) is 0 Å². The number of hydrogen-bond donors (Lipinski definition) is 1. The van der Waals surface area contributed by atoms with Crippen LogP contribution in [-0.2, 0) is 11.3 Å². The normalized spacial score (nSPS) is 10.8. The molecular formula is C14H19N3O2S. The van der Waals surface area contributed by atoms with E-state index in [1.807, 2.05) is 19.1 Å². The molecule has 0 bridgehead atoms. The number of nitrogens with zero attached hydrogens (tertiary/aromatic N) is 2. The van der Waals surface area contributed by atoms with E-state index >= 15 is 0 Å². The zero-order valence-corrected chi connectivity index (χ0v) is 12.8. The molecule has 0 aliphatic heterocycles. The van der Waals surface area contributed by atoms with Crippen LogP contribution >= 0.6 is 11.3 Å². The number of hydrogen-bond acceptors (Lipinski definition) is 6. The predicted molar refractivity (Wildman–Crippen MR) is 79.5 cm³/mol. The highest BCUT2D eigenvalue weighted by Gasteiger charge is 2.08. The van der Waals surface area contributed by atoms with Crippen LogP contribution in [0.5, 0.6) is 10.9 Å². The summed E-state index contributed by atoms with van der Waals surface area (Å²) in [6.45, 7) is 6.26. The lowest BCUT2D eigenvalue weighted by Crippen LogP contribution is -2.18. The highest BCUT2D eigenvalue weighted by Crippen LogP contribution is 2.28. The Kier molecular flexibility index (Phi) is 5.46. The van der Waals surface area contributed by atoms with Crippen LogP contribution in [0.2, 0.25) is 0 Å². The lowest BCUT2D eigenvalue weighted by molar-refractivity contribution is 0.199. The van der Waals surface area contributed by atoms with E-state index in [0.29, 0.717) is 18.3 Å². The van der Waals surface area contributed by atoms with Gasteiger partial charge in [-0.2, -0.15) is 0 Å². The molecule has 1 N–H and O–H groups in total. The molecule has 0 aliphatic carbocycles. The van der Waals surface area contributed by atoms with E-state index in [-0.39, 0.29) is 0 Å². The number of benzene rings is 1. The van der Waals surface area contributed by atoms with Gasteiger partial charge in [-0.05, 0) is 31.0 Å². The van der Waals surface area contributed by atoms with Crippen LogP contribution in [0.15, 0.2) is 18.2 Å². The summed E-state index contributed by atoms with van der Waals surface area (Å²) in [4.78, 5) is 0. The van der Waals surface area contributed by atoms with E-state index < -0.39 is 0 Å². The van der Waals surface area contributed by atoms with Crippen molar-refractivity contribution in [3.05, 3.63) is 34.3 Å². The molecule has 0 saturated heterocycles. The van der Waals surface area contributed by atoms with Crippen molar-refractivity contribution in [3.8, 4) is 10.9 Å². The highest BCUT2D eigenvalue weighted by molar-refractivity contribution is 7.13. The van der Waals surface area contributed by atoms with E-state index in [2.05, 4.69) is 28.5 Å². The Labute approximate surface area is 123 Å². The molecule has 5 nitrogen and oxygen atoms in total. The third-order valence-corrected chi connectivity index (χ3v) is 3.76. The van der Waals surface area contributed by atoms with Crippen molar-refractivity contribution >= 4 is 11.3 Å². The second kappa shape index (κ2) is 7.33. The van der Waals surface area contributed by atoms with Crippen LogP contribution in [0, 0.1) is 13.8 Å². The maximum absolute atomic E-state index is 5.79. The minimum absolute atomic E-state index is 0.572. The summed E-state index contributed by atoms with van der Waals surface area (Å²) >= 11 is 1.45. The van der Waals surface area contributed by atoms with Crippen molar-refractivity contribution in [2.45, 2.75) is 20.4 Å². The van der Waals surface area contributed by atoms with Gasteiger partial charge in [0, 0.05) is 20.2 Å². The van der Waals surface area contributed by atoms with E-state index in [0.717, 1.165) is 22.9 Å². The number of nitrogens with one attached hydrogen (secondary N) is 1. The zero-order chi connectivity index (χ0) is 14.4. The van der Waals surface area contributed by atoms with Crippen molar-refractivity contribution in [3.63, 3.8) is 0 Å². The van der Waals surface area contributed by atoms with E-state index in [4.69, 9.17) is 9.47 Å². The van der Waals surface area contributed by atoms with Crippen LogP contribution in [0.4, 0.5) is 0 Å². The Morgan fingerprint density at radius 2 is 2.10 bits per heavy atom. The second-order valence-electron chi connectivity index (χ2n) is 4.43. The molecule has 2 rings (SSSR count). The van der Waals surface area contributed by atoms with Gasteiger partial charge in [0.2, 0.25) is 0 Å². The first-order valence-corrected chi connectivity index (χ1v) is 7.28. The van der Waals surface area contributed by atoms with Gasteiger partial charge in [0.15, 0.2) is 0 Å². The molecule has 108 valence electrons. The molecule has 1 aromatic carbocycles. The summed E-state index contributed by atoms with van der Waals surface area (Å²) in [5.41, 5.74) is 2.33. The maximum atomic E-state index is 5.79. The second-order valence-corrected chi connectivity index (χ2v) is 5.46. The molecule has 0 fully saturated rings. The van der Waals surface area contributed by atoms with E-state index in [1.165, 1.54) is 16.9 Å². The van der Waals surface area contributed by atoms with Gasteiger partial charge in [0.1, 0.15) is 10.8 Å². The molecule has 2 aromatic rings. The van der Waals surface area contributed by atoms with Crippen molar-refractivity contribution < 1.29 is 9.47 Å². The Morgan fingerprint density at radius 1 is 1.25 bits per heavy atom. The summed E-state index contributed by atoms with van der Waals surface area (Å²) in [6, 6.07) is 5.99. The molecule has 0 spiro atoms. The summed E-state index contributed by atoms with van der Waals surface area (Å²) in [5.74, 6) is 0.833. The minimum atomic E-state index is 0.572. The summed E-state index contributed by atoms with van der Waals surface area (Å²) in [6.07, 6.45) is 0. The van der Waals surface area contributed by atoms with Crippen LogP contribution < -0.4 is 10.1 Å². The summed E-state index contributed by atoms with van der Waals surface area (Å²) in [7, 11) is 1.68. The van der Waals surface area contributed by atoms with Gasteiger partial charge in [-0.1, -0.05) is 28.6 Å². The van der Waals surface area contributed by atoms with Gasteiger partial charge in [0.05, 0.1) is 6.61 Å². The average Bonchev–Trinajstić information content (AvgIpc) is 2.88. The summed E-state index contributed by atoms with van der Waals surface area (Å²) < 4.78 is 10.8. The molecule has 20 heavy (non-hydrogen) atoms. The van der Waals surface area contributed by atoms with Gasteiger partial charge < -0.3 is 14.8 Å². The first-order valence-electron chi connectivity index (χ1n) is 6.47. The Morgan fingerprint density at radius 3 is 2.90 bits per heavy atom. The van der Waals surface area contributed by atoms with Crippen molar-refractivity contribution in [1.29, 1.82) is 0 Å². The number of aryl methyl sites for hydroxylation is 1. The highest BCUT2D eigenvalue weighted by atomic mass is 32.1. The van der Waals surface area contributed by atoms with Crippen LogP contribution in [0.3, 0.4) is 0 Å². The third-order valence-electron chi connectivity index (χ3n) is 2.96. The fourth-order valence-electron chi connectivity index (χ4n) is 1.65. The molecule has 0 atom stereocenters. The van der Waals surface area contributed by atoms with Gasteiger partial charge in [-0.3, -0.25) is 0 Å². The Bertz CT molecular complexity index is 557. The number of aromatic nitrogens is 2. The van der Waals surface area contributed by atoms with Crippen molar-refractivity contribution in [2.75, 3.05) is 20.3 Å². The smallest absolute Gasteiger partial charge is 0.299 e. The lowest BCUT2D eigenvalue weighted by Gasteiger charge is -2.06. The maximum Gasteiger partial charge on any atom is 0.299 e. The molecule has 0 unspecified atom stereocenters. The first kappa shape index (κ1) is 14.9. The number of ether oxygens (including phenoxy) is 2. The van der Waals surface area contributed by atoms with Crippen LogP contribution in [0.1, 0.15) is 16.1 Å². The van der Waals surface area contributed by atoms with Gasteiger partial charge in [0.25, 0.3) is 5.19 Å². The molecule has 0 saturated carbocycles. The Hall–Kier alpha value is -1.50. The standard InChI is InChI=1S/C14H19N3O2S/c1-10-5-4-6-12(11(10)2)19-14-17-16-13(20-14)9-15-7-8-18-3/h4-6,15H,7-9H2,1-3H3. The van der Waals surface area contributed by atoms with Gasteiger partial charge in [-0.15, -0.1) is 5.10 Å². The van der Waals surface area contributed by atoms with Gasteiger partial charge >= 0.3 is 0 Å². The summed E-state index contributed by atoms with van der Waals surface area (Å²) in [5, 5.41) is 12.9. The van der Waals surface area contributed by atoms with E-state index in [9.17, 15) is 0 Å². The molecule has 0 aliphatic rings. The molecule has 6 heteroatoms. The zero-order valence-electron chi connectivity index (χ0n) is 12.0. The third kappa shape index (κ3) is 4.00. The molecule has 0 amide bonds. The predicted octanol–water partition coefficient (Wildman–Crippen LogP) is 2.68.